The number of aromatic nitrogens is 1. The molecular formula is C17H23ClFN3O4. The van der Waals surface area contributed by atoms with Gasteiger partial charge in [-0.3, -0.25) is 4.79 Å². The van der Waals surface area contributed by atoms with E-state index < -0.39 is 23.4 Å². The largest absolute Gasteiger partial charge is 0.474 e. The van der Waals surface area contributed by atoms with Crippen molar-refractivity contribution < 1.29 is 23.5 Å². The summed E-state index contributed by atoms with van der Waals surface area (Å²) in [5.41, 5.74) is -0.659. The molecule has 2 amide bonds. The highest BCUT2D eigenvalue weighted by Crippen LogP contribution is 2.24. The quantitative estimate of drug-likeness (QED) is 0.692. The summed E-state index contributed by atoms with van der Waals surface area (Å²) in [6.07, 6.45) is -0.370. The molecule has 144 valence electrons. The molecule has 0 spiro atoms. The highest BCUT2D eigenvalue weighted by atomic mass is 35.5. The van der Waals surface area contributed by atoms with E-state index in [1.807, 2.05) is 0 Å². The summed E-state index contributed by atoms with van der Waals surface area (Å²) in [7, 11) is 0. The van der Waals surface area contributed by atoms with Crippen LogP contribution in [0.5, 0.6) is 5.88 Å². The number of nitrogens with one attached hydrogen (secondary N) is 1. The minimum Gasteiger partial charge on any atom is -0.474 e. The molecule has 1 N–H and O–H groups in total. The number of ether oxygens (including phenoxy) is 2. The SMILES string of the molecule is C[C@H]1CCN(C(=O)OC(C)(C)C)CCNC(=O)c2cc(F)c(Cl)nc2O1. The van der Waals surface area contributed by atoms with Gasteiger partial charge in [0.2, 0.25) is 5.88 Å². The van der Waals surface area contributed by atoms with Gasteiger partial charge in [-0.1, -0.05) is 11.6 Å². The van der Waals surface area contributed by atoms with Crippen molar-refractivity contribution in [2.75, 3.05) is 19.6 Å². The first kappa shape index (κ1) is 20.2. The number of nitrogens with zero attached hydrogens (tertiary/aromatic N) is 2. The number of hydrogen-bond acceptors (Lipinski definition) is 5. The van der Waals surface area contributed by atoms with Gasteiger partial charge in [0.05, 0.1) is 6.10 Å². The monoisotopic (exact) mass is 387 g/mol. The molecule has 0 unspecified atom stereocenters. The lowest BCUT2D eigenvalue weighted by atomic mass is 10.2. The maximum Gasteiger partial charge on any atom is 0.410 e. The highest BCUT2D eigenvalue weighted by Gasteiger charge is 2.25. The summed E-state index contributed by atoms with van der Waals surface area (Å²) >= 11 is 5.70. The predicted octanol–water partition coefficient (Wildman–Crippen LogP) is 3.01. The molecule has 9 heteroatoms. The Labute approximate surface area is 156 Å². The van der Waals surface area contributed by atoms with Gasteiger partial charge >= 0.3 is 6.09 Å². The van der Waals surface area contributed by atoms with Crippen molar-refractivity contribution >= 4 is 23.6 Å². The van der Waals surface area contributed by atoms with Crippen molar-refractivity contribution in [1.82, 2.24) is 15.2 Å². The van der Waals surface area contributed by atoms with Crippen molar-refractivity contribution in [2.45, 2.75) is 45.8 Å². The van der Waals surface area contributed by atoms with Crippen LogP contribution < -0.4 is 10.1 Å². The van der Waals surface area contributed by atoms with E-state index in [4.69, 9.17) is 21.1 Å². The zero-order valence-electron chi connectivity index (χ0n) is 15.3. The number of pyridine rings is 1. The van der Waals surface area contributed by atoms with Crippen molar-refractivity contribution in [3.63, 3.8) is 0 Å². The topological polar surface area (TPSA) is 80.8 Å². The van der Waals surface area contributed by atoms with Crippen LogP contribution in [-0.2, 0) is 4.74 Å². The van der Waals surface area contributed by atoms with Crippen LogP contribution in [0.2, 0.25) is 5.15 Å². The van der Waals surface area contributed by atoms with Crippen molar-refractivity contribution in [1.29, 1.82) is 0 Å². The summed E-state index contributed by atoms with van der Waals surface area (Å²) in [6, 6.07) is 0.996. The average Bonchev–Trinajstić information content (AvgIpc) is 2.53. The van der Waals surface area contributed by atoms with E-state index in [9.17, 15) is 14.0 Å². The Morgan fingerprint density at radius 2 is 2.15 bits per heavy atom. The predicted molar refractivity (Wildman–Crippen MR) is 94.1 cm³/mol. The lowest BCUT2D eigenvalue weighted by Crippen LogP contribution is -2.42. The third kappa shape index (κ3) is 5.45. The maximum absolute atomic E-state index is 13.7. The molecule has 0 radical (unpaired) electrons. The third-order valence-corrected chi connectivity index (χ3v) is 3.85. The Bertz CT molecular complexity index is 693. The third-order valence-electron chi connectivity index (χ3n) is 3.58. The second-order valence-corrected chi connectivity index (χ2v) is 7.41. The number of fused-ring (bicyclic) bond motifs is 1. The zero-order chi connectivity index (χ0) is 19.5. The summed E-state index contributed by atoms with van der Waals surface area (Å²) < 4.78 is 24.7. The van der Waals surface area contributed by atoms with Gasteiger partial charge in [-0.25, -0.2) is 9.18 Å². The summed E-state index contributed by atoms with van der Waals surface area (Å²) in [4.78, 5) is 30.0. The van der Waals surface area contributed by atoms with Gasteiger partial charge in [0.1, 0.15) is 11.2 Å². The molecule has 7 nitrogen and oxygen atoms in total. The van der Waals surface area contributed by atoms with Crippen LogP contribution in [0, 0.1) is 5.82 Å². The average molecular weight is 388 g/mol. The maximum atomic E-state index is 13.7. The fourth-order valence-electron chi connectivity index (χ4n) is 2.31. The molecule has 0 aliphatic carbocycles. The Hall–Kier alpha value is -2.09. The molecule has 1 aromatic heterocycles. The van der Waals surface area contributed by atoms with E-state index in [1.54, 1.807) is 27.7 Å². The van der Waals surface area contributed by atoms with Gasteiger partial charge in [0.15, 0.2) is 11.0 Å². The smallest absolute Gasteiger partial charge is 0.410 e. The van der Waals surface area contributed by atoms with E-state index in [2.05, 4.69) is 10.3 Å². The fraction of sp³-hybridized carbons (Fsp3) is 0.588. The molecule has 0 aromatic carbocycles. The summed E-state index contributed by atoms with van der Waals surface area (Å²) in [5, 5.41) is 2.26. The van der Waals surface area contributed by atoms with Gasteiger partial charge in [0, 0.05) is 26.1 Å². The minimum atomic E-state index is -0.804. The first-order valence-corrected chi connectivity index (χ1v) is 8.73. The number of hydrogen-bond donors (Lipinski definition) is 1. The Morgan fingerprint density at radius 3 is 2.81 bits per heavy atom. The van der Waals surface area contributed by atoms with Crippen LogP contribution >= 0.6 is 11.6 Å². The number of rotatable bonds is 0. The minimum absolute atomic E-state index is 0.0351. The first-order valence-electron chi connectivity index (χ1n) is 8.35. The molecule has 1 aliphatic heterocycles. The molecule has 2 rings (SSSR count). The van der Waals surface area contributed by atoms with Crippen molar-refractivity contribution in [3.8, 4) is 5.88 Å². The molecule has 1 aliphatic rings. The summed E-state index contributed by atoms with van der Waals surface area (Å²) in [5.74, 6) is -1.39. The molecule has 0 saturated carbocycles. The van der Waals surface area contributed by atoms with Gasteiger partial charge in [-0.15, -0.1) is 0 Å². The molecule has 0 bridgehead atoms. The summed E-state index contributed by atoms with van der Waals surface area (Å²) in [6.45, 7) is 7.92. The first-order chi connectivity index (χ1) is 12.1. The lowest BCUT2D eigenvalue weighted by Gasteiger charge is -2.28. The van der Waals surface area contributed by atoms with Gasteiger partial charge in [0.25, 0.3) is 5.91 Å². The molecule has 0 saturated heterocycles. The van der Waals surface area contributed by atoms with Gasteiger partial charge < -0.3 is 19.7 Å². The van der Waals surface area contributed by atoms with Crippen LogP contribution in [0.4, 0.5) is 9.18 Å². The van der Waals surface area contributed by atoms with E-state index in [0.29, 0.717) is 13.0 Å². The van der Waals surface area contributed by atoms with Crippen molar-refractivity contribution in [3.05, 3.63) is 22.6 Å². The number of amides is 2. The number of halogens is 2. The van der Waals surface area contributed by atoms with Crippen LogP contribution in [0.3, 0.4) is 0 Å². The molecule has 2 heterocycles. The van der Waals surface area contributed by atoms with E-state index >= 15 is 0 Å². The normalized spacial score (nSPS) is 18.9. The fourth-order valence-corrected chi connectivity index (χ4v) is 2.44. The van der Waals surface area contributed by atoms with Gasteiger partial charge in [-0.2, -0.15) is 4.98 Å². The molecule has 26 heavy (non-hydrogen) atoms. The second kappa shape index (κ2) is 8.07. The second-order valence-electron chi connectivity index (χ2n) is 7.05. The zero-order valence-corrected chi connectivity index (χ0v) is 16.0. The Balaban J connectivity index is 2.20. The highest BCUT2D eigenvalue weighted by molar-refractivity contribution is 6.29. The number of carbonyl (C=O) groups is 2. The van der Waals surface area contributed by atoms with Crippen LogP contribution in [0.1, 0.15) is 44.5 Å². The lowest BCUT2D eigenvalue weighted by molar-refractivity contribution is 0.0232. The Kier molecular flexibility index (Phi) is 6.28. The van der Waals surface area contributed by atoms with E-state index in [1.165, 1.54) is 4.90 Å². The Morgan fingerprint density at radius 1 is 1.46 bits per heavy atom. The molecule has 0 fully saturated rings. The molecular weight excluding hydrogens is 365 g/mol. The molecule has 1 aromatic rings. The number of carbonyl (C=O) groups excluding carboxylic acids is 2. The van der Waals surface area contributed by atoms with E-state index in [-0.39, 0.29) is 35.8 Å². The van der Waals surface area contributed by atoms with E-state index in [0.717, 1.165) is 6.07 Å². The van der Waals surface area contributed by atoms with Crippen LogP contribution in [-0.4, -0.2) is 53.2 Å². The standard InChI is InChI=1S/C17H23ClFN3O4/c1-10-5-7-22(16(24)26-17(2,3)4)8-6-20-14(23)11-9-12(19)13(18)21-15(11)25-10/h9-10H,5-8H2,1-4H3,(H,20,23)/t10-/m0/s1. The van der Waals surface area contributed by atoms with Gasteiger partial charge in [-0.05, 0) is 33.8 Å². The van der Waals surface area contributed by atoms with Crippen LogP contribution in [0.15, 0.2) is 6.07 Å². The molecule has 1 atom stereocenters. The van der Waals surface area contributed by atoms with Crippen molar-refractivity contribution in [2.24, 2.45) is 0 Å². The van der Waals surface area contributed by atoms with Crippen LogP contribution in [0.25, 0.3) is 0 Å².